The van der Waals surface area contributed by atoms with Crippen molar-refractivity contribution in [3.63, 3.8) is 0 Å². The van der Waals surface area contributed by atoms with E-state index in [1.807, 2.05) is 0 Å². The highest BCUT2D eigenvalue weighted by Gasteiger charge is 2.44. The summed E-state index contributed by atoms with van der Waals surface area (Å²) in [6.45, 7) is 2.28. The molecule has 23 heavy (non-hydrogen) atoms. The molecule has 1 saturated carbocycles. The standard InChI is InChI=1S/C16H26N4O3/c21-13(19-12-4-2-1-3-5-12)14(22)20-10-6-16(7-11-20)15(23)17-8-9-18-16/h12,18H,1-11H2,(H,17,23)(H,19,21). The van der Waals surface area contributed by atoms with Crippen molar-refractivity contribution < 1.29 is 14.4 Å². The summed E-state index contributed by atoms with van der Waals surface area (Å²) >= 11 is 0. The van der Waals surface area contributed by atoms with Crippen LogP contribution in [0.4, 0.5) is 0 Å². The van der Waals surface area contributed by atoms with Gasteiger partial charge >= 0.3 is 11.8 Å². The second kappa shape index (κ2) is 6.86. The van der Waals surface area contributed by atoms with Crippen LogP contribution < -0.4 is 16.0 Å². The first-order chi connectivity index (χ1) is 11.1. The van der Waals surface area contributed by atoms with Gasteiger partial charge in [0, 0.05) is 32.2 Å². The molecule has 2 aliphatic heterocycles. The van der Waals surface area contributed by atoms with E-state index in [1.54, 1.807) is 4.90 Å². The van der Waals surface area contributed by atoms with E-state index in [2.05, 4.69) is 16.0 Å². The van der Waals surface area contributed by atoms with Crippen LogP contribution in [0, 0.1) is 0 Å². The van der Waals surface area contributed by atoms with E-state index >= 15 is 0 Å². The maximum Gasteiger partial charge on any atom is 0.311 e. The molecule has 3 rings (SSSR count). The zero-order valence-electron chi connectivity index (χ0n) is 13.5. The quantitative estimate of drug-likeness (QED) is 0.569. The zero-order chi connectivity index (χ0) is 16.3. The topological polar surface area (TPSA) is 90.5 Å². The molecule has 0 radical (unpaired) electrons. The Kier molecular flexibility index (Phi) is 4.84. The fourth-order valence-corrected chi connectivity index (χ4v) is 3.86. The van der Waals surface area contributed by atoms with Crippen LogP contribution in [0.1, 0.15) is 44.9 Å². The van der Waals surface area contributed by atoms with Gasteiger partial charge in [0.25, 0.3) is 0 Å². The van der Waals surface area contributed by atoms with Crippen LogP contribution >= 0.6 is 0 Å². The molecule has 2 saturated heterocycles. The fourth-order valence-electron chi connectivity index (χ4n) is 3.86. The second-order valence-corrected chi connectivity index (χ2v) is 6.87. The Labute approximate surface area is 136 Å². The number of piperidine rings is 1. The van der Waals surface area contributed by atoms with Gasteiger partial charge in [-0.25, -0.2) is 0 Å². The van der Waals surface area contributed by atoms with E-state index in [9.17, 15) is 14.4 Å². The molecule has 128 valence electrons. The lowest BCUT2D eigenvalue weighted by atomic mass is 9.85. The van der Waals surface area contributed by atoms with Gasteiger partial charge in [0.2, 0.25) is 5.91 Å². The number of likely N-dealkylation sites (tertiary alicyclic amines) is 1. The van der Waals surface area contributed by atoms with Gasteiger partial charge in [-0.2, -0.15) is 0 Å². The van der Waals surface area contributed by atoms with Crippen molar-refractivity contribution >= 4 is 17.7 Å². The Morgan fingerprint density at radius 2 is 1.78 bits per heavy atom. The predicted molar refractivity (Wildman–Crippen MR) is 84.6 cm³/mol. The summed E-state index contributed by atoms with van der Waals surface area (Å²) in [6, 6.07) is 0.141. The minimum atomic E-state index is -0.561. The first-order valence-corrected chi connectivity index (χ1v) is 8.74. The Morgan fingerprint density at radius 1 is 1.09 bits per heavy atom. The Morgan fingerprint density at radius 3 is 2.43 bits per heavy atom. The first-order valence-electron chi connectivity index (χ1n) is 8.74. The summed E-state index contributed by atoms with van der Waals surface area (Å²) in [5, 5.41) is 9.04. The van der Waals surface area contributed by atoms with Crippen molar-refractivity contribution in [1.29, 1.82) is 0 Å². The van der Waals surface area contributed by atoms with Gasteiger partial charge in [-0.05, 0) is 25.7 Å². The third kappa shape index (κ3) is 3.49. The summed E-state index contributed by atoms with van der Waals surface area (Å²) in [6.07, 6.45) is 6.49. The second-order valence-electron chi connectivity index (χ2n) is 6.87. The lowest BCUT2D eigenvalue weighted by molar-refractivity contribution is -0.148. The maximum absolute atomic E-state index is 12.3. The van der Waals surface area contributed by atoms with Gasteiger partial charge in [0.05, 0.1) is 0 Å². The highest BCUT2D eigenvalue weighted by molar-refractivity contribution is 6.35. The molecule has 0 unspecified atom stereocenters. The van der Waals surface area contributed by atoms with Gasteiger partial charge in [0.15, 0.2) is 0 Å². The molecule has 0 aromatic rings. The van der Waals surface area contributed by atoms with Crippen LogP contribution in [-0.4, -0.2) is 60.4 Å². The average molecular weight is 322 g/mol. The summed E-state index contributed by atoms with van der Waals surface area (Å²) in [5.41, 5.74) is -0.561. The molecular weight excluding hydrogens is 296 g/mol. The van der Waals surface area contributed by atoms with Gasteiger partial charge < -0.3 is 20.9 Å². The summed E-state index contributed by atoms with van der Waals surface area (Å²) in [5.74, 6) is -0.932. The molecule has 0 aromatic heterocycles. The van der Waals surface area contributed by atoms with E-state index in [1.165, 1.54) is 6.42 Å². The van der Waals surface area contributed by atoms with E-state index in [0.29, 0.717) is 32.5 Å². The van der Waals surface area contributed by atoms with Crippen molar-refractivity contribution in [3.8, 4) is 0 Å². The lowest BCUT2D eigenvalue weighted by Gasteiger charge is -2.43. The van der Waals surface area contributed by atoms with Crippen molar-refractivity contribution in [2.45, 2.75) is 56.5 Å². The van der Waals surface area contributed by atoms with Gasteiger partial charge in [-0.1, -0.05) is 19.3 Å². The molecular formula is C16H26N4O3. The number of amides is 3. The van der Waals surface area contributed by atoms with E-state index in [-0.39, 0.29) is 11.9 Å². The van der Waals surface area contributed by atoms with Crippen LogP contribution in [0.2, 0.25) is 0 Å². The Bertz CT molecular complexity index is 480. The highest BCUT2D eigenvalue weighted by atomic mass is 16.2. The van der Waals surface area contributed by atoms with E-state index in [0.717, 1.165) is 32.2 Å². The molecule has 3 amide bonds. The molecule has 0 bridgehead atoms. The number of nitrogens with zero attached hydrogens (tertiary/aromatic N) is 1. The van der Waals surface area contributed by atoms with Gasteiger partial charge in [0.1, 0.15) is 5.54 Å². The molecule has 3 fully saturated rings. The molecule has 3 aliphatic rings. The van der Waals surface area contributed by atoms with Gasteiger partial charge in [-0.15, -0.1) is 0 Å². The number of carbonyl (C=O) groups excluding carboxylic acids is 3. The van der Waals surface area contributed by atoms with E-state index < -0.39 is 17.4 Å². The molecule has 0 aromatic carbocycles. The smallest absolute Gasteiger partial charge is 0.311 e. The van der Waals surface area contributed by atoms with Crippen LogP contribution in [0.5, 0.6) is 0 Å². The maximum atomic E-state index is 12.3. The van der Waals surface area contributed by atoms with Crippen molar-refractivity contribution in [2.75, 3.05) is 26.2 Å². The molecule has 2 heterocycles. The third-order valence-corrected chi connectivity index (χ3v) is 5.35. The minimum Gasteiger partial charge on any atom is -0.353 e. The third-order valence-electron chi connectivity index (χ3n) is 5.35. The molecule has 3 N–H and O–H groups in total. The molecule has 7 nitrogen and oxygen atoms in total. The molecule has 1 aliphatic carbocycles. The first kappa shape index (κ1) is 16.2. The Hall–Kier alpha value is -1.63. The number of piperazine rings is 1. The van der Waals surface area contributed by atoms with Crippen LogP contribution in [0.15, 0.2) is 0 Å². The Balaban J connectivity index is 1.51. The van der Waals surface area contributed by atoms with Crippen LogP contribution in [0.25, 0.3) is 0 Å². The number of hydrogen-bond donors (Lipinski definition) is 3. The predicted octanol–water partition coefficient (Wildman–Crippen LogP) is -0.484. The molecule has 1 spiro atoms. The van der Waals surface area contributed by atoms with Crippen molar-refractivity contribution in [3.05, 3.63) is 0 Å². The highest BCUT2D eigenvalue weighted by Crippen LogP contribution is 2.24. The number of rotatable bonds is 1. The average Bonchev–Trinajstić information content (AvgIpc) is 2.59. The minimum absolute atomic E-state index is 0.0162. The van der Waals surface area contributed by atoms with Crippen LogP contribution in [0.3, 0.4) is 0 Å². The largest absolute Gasteiger partial charge is 0.353 e. The van der Waals surface area contributed by atoms with Crippen molar-refractivity contribution in [2.24, 2.45) is 0 Å². The lowest BCUT2D eigenvalue weighted by Crippen LogP contribution is -2.67. The molecule has 0 atom stereocenters. The fraction of sp³-hybridized carbons (Fsp3) is 0.812. The van der Waals surface area contributed by atoms with Crippen LogP contribution in [-0.2, 0) is 14.4 Å². The monoisotopic (exact) mass is 322 g/mol. The number of hydrogen-bond acceptors (Lipinski definition) is 4. The van der Waals surface area contributed by atoms with Gasteiger partial charge in [-0.3, -0.25) is 14.4 Å². The normalized spacial score (nSPS) is 25.0. The number of carbonyl (C=O) groups is 3. The van der Waals surface area contributed by atoms with E-state index in [4.69, 9.17) is 0 Å². The summed E-state index contributed by atoms with van der Waals surface area (Å²) in [4.78, 5) is 38.1. The summed E-state index contributed by atoms with van der Waals surface area (Å²) in [7, 11) is 0. The number of nitrogens with one attached hydrogen (secondary N) is 3. The zero-order valence-corrected chi connectivity index (χ0v) is 13.5. The SMILES string of the molecule is O=C(NC1CCCCC1)C(=O)N1CCC2(CC1)NCCNC2=O. The van der Waals surface area contributed by atoms with Crippen molar-refractivity contribution in [1.82, 2.24) is 20.9 Å². The molecule has 7 heteroatoms. The summed E-state index contributed by atoms with van der Waals surface area (Å²) < 4.78 is 0.